The largest absolute Gasteiger partial charge is 0.490 e. The van der Waals surface area contributed by atoms with Crippen LogP contribution in [0, 0.1) is 0 Å². The molecule has 2 atom stereocenters. The highest BCUT2D eigenvalue weighted by atomic mass is 16.5. The van der Waals surface area contributed by atoms with E-state index in [2.05, 4.69) is 18.2 Å². The van der Waals surface area contributed by atoms with Gasteiger partial charge in [0.25, 0.3) is 0 Å². The highest BCUT2D eigenvalue weighted by Gasteiger charge is 2.24. The molecule has 0 aliphatic heterocycles. The van der Waals surface area contributed by atoms with Crippen molar-refractivity contribution in [2.45, 2.75) is 57.2 Å². The summed E-state index contributed by atoms with van der Waals surface area (Å²) in [5, 5.41) is 9.49. The summed E-state index contributed by atoms with van der Waals surface area (Å²) >= 11 is 0. The average molecular weight is 232 g/mol. The fraction of sp³-hybridized carbons (Fsp3) is 0.600. The number of aryl methyl sites for hydroxylation is 2. The van der Waals surface area contributed by atoms with Crippen LogP contribution in [0.3, 0.4) is 0 Å². The van der Waals surface area contributed by atoms with Crippen molar-refractivity contribution < 1.29 is 9.84 Å². The van der Waals surface area contributed by atoms with Gasteiger partial charge in [-0.1, -0.05) is 6.07 Å². The molecule has 2 nitrogen and oxygen atoms in total. The number of rotatable bonds is 2. The highest BCUT2D eigenvalue weighted by Crippen LogP contribution is 2.28. The van der Waals surface area contributed by atoms with Gasteiger partial charge in [0.1, 0.15) is 11.9 Å². The molecule has 17 heavy (non-hydrogen) atoms. The first-order valence-electron chi connectivity index (χ1n) is 6.78. The molecule has 1 aromatic rings. The van der Waals surface area contributed by atoms with E-state index in [4.69, 9.17) is 4.74 Å². The monoisotopic (exact) mass is 232 g/mol. The summed E-state index contributed by atoms with van der Waals surface area (Å²) in [5.41, 5.74) is 2.96. The van der Waals surface area contributed by atoms with E-state index in [0.717, 1.165) is 25.0 Å². The number of benzene rings is 1. The van der Waals surface area contributed by atoms with Crippen molar-refractivity contribution in [2.24, 2.45) is 0 Å². The van der Waals surface area contributed by atoms with Crippen molar-refractivity contribution >= 4 is 0 Å². The maximum atomic E-state index is 9.49. The Kier molecular flexibility index (Phi) is 3.06. The van der Waals surface area contributed by atoms with Crippen LogP contribution < -0.4 is 4.74 Å². The second kappa shape index (κ2) is 4.69. The molecule has 0 aromatic heterocycles. The number of fused-ring (bicyclic) bond motifs is 1. The summed E-state index contributed by atoms with van der Waals surface area (Å²) in [6.45, 7) is 0. The molecule has 0 radical (unpaired) electrons. The third kappa shape index (κ3) is 2.47. The molecule has 3 rings (SSSR count). The molecule has 0 amide bonds. The van der Waals surface area contributed by atoms with Crippen LogP contribution in [0.4, 0.5) is 0 Å². The van der Waals surface area contributed by atoms with Crippen LogP contribution in [0.2, 0.25) is 0 Å². The molecule has 0 saturated heterocycles. The van der Waals surface area contributed by atoms with Crippen molar-refractivity contribution in [3.63, 3.8) is 0 Å². The summed E-state index contributed by atoms with van der Waals surface area (Å²) in [5.74, 6) is 0.991. The third-order valence-electron chi connectivity index (χ3n) is 3.98. The van der Waals surface area contributed by atoms with E-state index in [1.807, 2.05) is 0 Å². The summed E-state index contributed by atoms with van der Waals surface area (Å²) in [6.07, 6.45) is 7.76. The molecule has 1 saturated carbocycles. The summed E-state index contributed by atoms with van der Waals surface area (Å²) in [6, 6.07) is 6.52. The predicted molar refractivity (Wildman–Crippen MR) is 67.4 cm³/mol. The Balaban J connectivity index is 1.71. The van der Waals surface area contributed by atoms with Crippen LogP contribution in [0.5, 0.6) is 5.75 Å². The lowest BCUT2D eigenvalue weighted by atomic mass is 9.92. The van der Waals surface area contributed by atoms with Gasteiger partial charge in [0.15, 0.2) is 0 Å². The van der Waals surface area contributed by atoms with Crippen molar-refractivity contribution in [3.8, 4) is 5.75 Å². The van der Waals surface area contributed by atoms with Crippen LogP contribution in [0.25, 0.3) is 0 Å². The van der Waals surface area contributed by atoms with Crippen molar-refractivity contribution in [2.75, 3.05) is 0 Å². The van der Waals surface area contributed by atoms with Gasteiger partial charge in [-0.3, -0.25) is 0 Å². The number of aliphatic hydroxyl groups is 1. The van der Waals surface area contributed by atoms with Gasteiger partial charge in [0.2, 0.25) is 0 Å². The quantitative estimate of drug-likeness (QED) is 0.849. The van der Waals surface area contributed by atoms with Gasteiger partial charge >= 0.3 is 0 Å². The molecule has 92 valence electrons. The zero-order valence-electron chi connectivity index (χ0n) is 10.2. The topological polar surface area (TPSA) is 29.5 Å². The van der Waals surface area contributed by atoms with Crippen LogP contribution in [0.1, 0.15) is 43.2 Å². The van der Waals surface area contributed by atoms with E-state index in [1.54, 1.807) is 0 Å². The Morgan fingerprint density at radius 3 is 2.65 bits per heavy atom. The van der Waals surface area contributed by atoms with Gasteiger partial charge in [-0.15, -0.1) is 0 Å². The van der Waals surface area contributed by atoms with Gasteiger partial charge in [0.05, 0.1) is 6.10 Å². The van der Waals surface area contributed by atoms with E-state index in [-0.39, 0.29) is 12.2 Å². The average Bonchev–Trinajstić information content (AvgIpc) is 2.75. The molecular formula is C15H20O2. The van der Waals surface area contributed by atoms with E-state index in [1.165, 1.54) is 36.8 Å². The smallest absolute Gasteiger partial charge is 0.120 e. The SMILES string of the molecule is OC1CCC(Oc2ccc3c(c2)CCCC3)C1. The Bertz CT molecular complexity index is 400. The van der Waals surface area contributed by atoms with Gasteiger partial charge in [0, 0.05) is 6.42 Å². The molecule has 0 spiro atoms. The minimum atomic E-state index is -0.155. The molecule has 0 heterocycles. The normalized spacial score (nSPS) is 27.8. The first kappa shape index (κ1) is 11.1. The summed E-state index contributed by atoms with van der Waals surface area (Å²) in [4.78, 5) is 0. The maximum absolute atomic E-state index is 9.49. The Morgan fingerprint density at radius 1 is 1.06 bits per heavy atom. The van der Waals surface area contributed by atoms with Crippen LogP contribution in [-0.4, -0.2) is 17.3 Å². The standard InChI is InChI=1S/C15H20O2/c16-13-6-8-15(10-13)17-14-7-5-11-3-1-2-4-12(11)9-14/h5,7,9,13,15-16H,1-4,6,8,10H2. The van der Waals surface area contributed by atoms with Gasteiger partial charge in [-0.05, 0) is 61.8 Å². The molecule has 1 N–H and O–H groups in total. The fourth-order valence-electron chi connectivity index (χ4n) is 3.00. The van der Waals surface area contributed by atoms with Gasteiger partial charge in [-0.25, -0.2) is 0 Å². The van der Waals surface area contributed by atoms with E-state index >= 15 is 0 Å². The molecule has 2 heteroatoms. The number of hydrogen-bond acceptors (Lipinski definition) is 2. The highest BCUT2D eigenvalue weighted by molar-refractivity contribution is 5.37. The molecular weight excluding hydrogens is 212 g/mol. The van der Waals surface area contributed by atoms with E-state index in [0.29, 0.717) is 0 Å². The zero-order valence-corrected chi connectivity index (χ0v) is 10.2. The van der Waals surface area contributed by atoms with Crippen LogP contribution in [0.15, 0.2) is 18.2 Å². The van der Waals surface area contributed by atoms with Crippen LogP contribution in [-0.2, 0) is 12.8 Å². The second-order valence-electron chi connectivity index (χ2n) is 5.34. The lowest BCUT2D eigenvalue weighted by Crippen LogP contribution is -2.14. The summed E-state index contributed by atoms with van der Waals surface area (Å²) in [7, 11) is 0. The first-order valence-corrected chi connectivity index (χ1v) is 6.78. The third-order valence-corrected chi connectivity index (χ3v) is 3.98. The van der Waals surface area contributed by atoms with Crippen molar-refractivity contribution in [1.29, 1.82) is 0 Å². The molecule has 0 bridgehead atoms. The summed E-state index contributed by atoms with van der Waals surface area (Å²) < 4.78 is 5.95. The number of hydrogen-bond donors (Lipinski definition) is 1. The van der Waals surface area contributed by atoms with Gasteiger partial charge in [-0.2, -0.15) is 0 Å². The first-order chi connectivity index (χ1) is 8.31. The van der Waals surface area contributed by atoms with Crippen LogP contribution >= 0.6 is 0 Å². The minimum Gasteiger partial charge on any atom is -0.490 e. The minimum absolute atomic E-state index is 0.155. The molecule has 2 aliphatic rings. The lowest BCUT2D eigenvalue weighted by molar-refractivity contribution is 0.149. The van der Waals surface area contributed by atoms with E-state index in [9.17, 15) is 5.11 Å². The Labute approximate surface area is 103 Å². The number of ether oxygens (including phenoxy) is 1. The lowest BCUT2D eigenvalue weighted by Gasteiger charge is -2.19. The maximum Gasteiger partial charge on any atom is 0.120 e. The van der Waals surface area contributed by atoms with E-state index < -0.39 is 0 Å². The van der Waals surface area contributed by atoms with Gasteiger partial charge < -0.3 is 9.84 Å². The molecule has 1 aromatic carbocycles. The molecule has 2 aliphatic carbocycles. The van der Waals surface area contributed by atoms with Crippen molar-refractivity contribution in [1.82, 2.24) is 0 Å². The predicted octanol–water partition coefficient (Wildman–Crippen LogP) is 2.86. The molecule has 2 unspecified atom stereocenters. The zero-order chi connectivity index (χ0) is 11.7. The molecule has 1 fully saturated rings. The fourth-order valence-corrected chi connectivity index (χ4v) is 3.00. The number of aliphatic hydroxyl groups excluding tert-OH is 1. The Morgan fingerprint density at radius 2 is 1.88 bits per heavy atom. The Hall–Kier alpha value is -1.02. The van der Waals surface area contributed by atoms with Crippen molar-refractivity contribution in [3.05, 3.63) is 29.3 Å². The second-order valence-corrected chi connectivity index (χ2v) is 5.34.